The number of aliphatic imine (C=N–C) groups is 1. The molecule has 0 radical (unpaired) electrons. The van der Waals surface area contributed by atoms with Gasteiger partial charge in [-0.3, -0.25) is 4.99 Å². The summed E-state index contributed by atoms with van der Waals surface area (Å²) in [5.74, 6) is 0. The number of thioether (sulfide) groups is 1. The summed E-state index contributed by atoms with van der Waals surface area (Å²) in [4.78, 5) is 4.44. The maximum Gasteiger partial charge on any atom is 0.100 e. The molecule has 1 rings (SSSR count). The average Bonchev–Trinajstić information content (AvgIpc) is 1.82. The van der Waals surface area contributed by atoms with Crippen LogP contribution in [-0.4, -0.2) is 16.3 Å². The van der Waals surface area contributed by atoms with E-state index >= 15 is 0 Å². The molecule has 0 aromatic rings. The summed E-state index contributed by atoms with van der Waals surface area (Å²) in [5.41, 5.74) is 0. The van der Waals surface area contributed by atoms with Crippen molar-refractivity contribution in [2.45, 2.75) is 30.9 Å². The fourth-order valence-corrected chi connectivity index (χ4v) is 1.95. The van der Waals surface area contributed by atoms with E-state index in [1.54, 1.807) is 0 Å². The monoisotopic (exact) mass is 129 g/mol. The molecule has 0 amide bonds. The van der Waals surface area contributed by atoms with Crippen LogP contribution in [0.3, 0.4) is 0 Å². The first-order chi connectivity index (χ1) is 3.60. The number of nitrogens with zero attached hydrogens (tertiary/aromatic N) is 1. The third kappa shape index (κ3) is 1.25. The maximum atomic E-state index is 4.29. The molecule has 0 aliphatic carbocycles. The molecule has 0 aromatic heterocycles. The van der Waals surface area contributed by atoms with Gasteiger partial charge in [0.25, 0.3) is 0 Å². The molecular weight excluding hydrogens is 118 g/mol. The van der Waals surface area contributed by atoms with Gasteiger partial charge >= 0.3 is 0 Å². The van der Waals surface area contributed by atoms with Crippen LogP contribution in [-0.2, 0) is 0 Å². The van der Waals surface area contributed by atoms with Crippen LogP contribution in [0.1, 0.15) is 20.8 Å². The van der Waals surface area contributed by atoms with Crippen LogP contribution in [0.15, 0.2) is 4.99 Å². The van der Waals surface area contributed by atoms with E-state index < -0.39 is 0 Å². The lowest BCUT2D eigenvalue weighted by Gasteiger charge is -2.12. The Kier molecular flexibility index (Phi) is 1.35. The first-order valence-electron chi connectivity index (χ1n) is 2.83. The quantitative estimate of drug-likeness (QED) is 0.487. The van der Waals surface area contributed by atoms with Crippen molar-refractivity contribution in [2.24, 2.45) is 4.99 Å². The molecule has 0 bridgehead atoms. The highest BCUT2D eigenvalue weighted by molar-refractivity contribution is 8.02. The van der Waals surface area contributed by atoms with Crippen molar-refractivity contribution >= 4 is 18.0 Å². The summed E-state index contributed by atoms with van der Waals surface area (Å²) in [6.45, 7) is 6.44. The second kappa shape index (κ2) is 1.76. The van der Waals surface area contributed by atoms with Gasteiger partial charge in [0.2, 0.25) is 0 Å². The zero-order valence-corrected chi connectivity index (χ0v) is 6.33. The molecule has 0 spiro atoms. The minimum Gasteiger partial charge on any atom is -0.279 e. The van der Waals surface area contributed by atoms with Crippen LogP contribution in [0.25, 0.3) is 0 Å². The molecule has 1 aliphatic heterocycles. The van der Waals surface area contributed by atoms with Crippen molar-refractivity contribution in [3.63, 3.8) is 0 Å². The number of rotatable bonds is 0. The highest BCUT2D eigenvalue weighted by Gasteiger charge is 2.23. The third-order valence-corrected chi connectivity index (χ3v) is 2.25. The Morgan fingerprint density at radius 1 is 1.62 bits per heavy atom. The molecule has 0 N–H and O–H groups in total. The Morgan fingerprint density at radius 2 is 2.25 bits per heavy atom. The number of hydrogen-bond donors (Lipinski definition) is 0. The van der Waals surface area contributed by atoms with Crippen LogP contribution >= 0.6 is 11.8 Å². The van der Waals surface area contributed by atoms with E-state index in [9.17, 15) is 0 Å². The molecule has 1 unspecified atom stereocenters. The molecule has 0 saturated heterocycles. The van der Waals surface area contributed by atoms with Gasteiger partial charge in [0.05, 0.1) is 0 Å². The fraction of sp³-hybridized carbons (Fsp3) is 0.833. The topological polar surface area (TPSA) is 12.4 Å². The van der Waals surface area contributed by atoms with E-state index in [2.05, 4.69) is 25.8 Å². The Morgan fingerprint density at radius 3 is 2.38 bits per heavy atom. The highest BCUT2D eigenvalue weighted by atomic mass is 32.2. The molecule has 1 aliphatic rings. The molecule has 8 heavy (non-hydrogen) atoms. The fourth-order valence-electron chi connectivity index (χ4n) is 0.800. The van der Waals surface area contributed by atoms with Crippen LogP contribution in [0.4, 0.5) is 0 Å². The van der Waals surface area contributed by atoms with Crippen molar-refractivity contribution in [1.29, 1.82) is 0 Å². The molecule has 0 aromatic carbocycles. The van der Waals surface area contributed by atoms with Gasteiger partial charge in [-0.1, -0.05) is 0 Å². The second-order valence-electron chi connectivity index (χ2n) is 2.55. The lowest BCUT2D eigenvalue weighted by molar-refractivity contribution is 0.776. The van der Waals surface area contributed by atoms with E-state index in [-0.39, 0.29) is 4.87 Å². The average molecular weight is 129 g/mol. The normalized spacial score (nSPS) is 33.6. The highest BCUT2D eigenvalue weighted by Crippen LogP contribution is 2.33. The van der Waals surface area contributed by atoms with Crippen LogP contribution < -0.4 is 0 Å². The summed E-state index contributed by atoms with van der Waals surface area (Å²) >= 11 is 1.90. The molecular formula is C6H11NS. The second-order valence-corrected chi connectivity index (χ2v) is 4.53. The van der Waals surface area contributed by atoms with Crippen LogP contribution in [0, 0.1) is 0 Å². The van der Waals surface area contributed by atoms with E-state index in [1.807, 2.05) is 18.0 Å². The zero-order chi connectivity index (χ0) is 6.20. The standard InChI is InChI=1S/C6H11NS/c1-5-4-7-6(2,3)8-5/h4-5H,1-3H3. The Labute approximate surface area is 54.6 Å². The summed E-state index contributed by atoms with van der Waals surface area (Å²) in [6.07, 6.45) is 2.02. The van der Waals surface area contributed by atoms with E-state index in [1.165, 1.54) is 0 Å². The first kappa shape index (κ1) is 6.14. The summed E-state index contributed by atoms with van der Waals surface area (Å²) in [7, 11) is 0. The van der Waals surface area contributed by atoms with Crippen molar-refractivity contribution < 1.29 is 0 Å². The van der Waals surface area contributed by atoms with Gasteiger partial charge in [0.15, 0.2) is 0 Å². The van der Waals surface area contributed by atoms with Crippen molar-refractivity contribution in [2.75, 3.05) is 0 Å². The predicted molar refractivity (Wildman–Crippen MR) is 39.6 cm³/mol. The number of hydrogen-bond acceptors (Lipinski definition) is 2. The van der Waals surface area contributed by atoms with Crippen molar-refractivity contribution in [3.8, 4) is 0 Å². The zero-order valence-electron chi connectivity index (χ0n) is 5.51. The largest absolute Gasteiger partial charge is 0.279 e. The first-order valence-corrected chi connectivity index (χ1v) is 3.71. The summed E-state index contributed by atoms with van der Waals surface area (Å²) in [6, 6.07) is 0. The Bertz CT molecular complexity index is 118. The molecule has 1 atom stereocenters. The third-order valence-electron chi connectivity index (χ3n) is 1.07. The summed E-state index contributed by atoms with van der Waals surface area (Å²) < 4.78 is 0. The molecule has 1 nitrogen and oxygen atoms in total. The van der Waals surface area contributed by atoms with Crippen molar-refractivity contribution in [3.05, 3.63) is 0 Å². The molecule has 2 heteroatoms. The molecule has 0 fully saturated rings. The van der Waals surface area contributed by atoms with Gasteiger partial charge in [-0.05, 0) is 20.8 Å². The smallest absolute Gasteiger partial charge is 0.100 e. The SMILES string of the molecule is CC1C=NC(C)(C)S1. The van der Waals surface area contributed by atoms with Gasteiger partial charge in [0.1, 0.15) is 4.87 Å². The van der Waals surface area contributed by atoms with E-state index in [0.29, 0.717) is 5.25 Å². The molecule has 46 valence electrons. The van der Waals surface area contributed by atoms with Crippen LogP contribution in [0.5, 0.6) is 0 Å². The van der Waals surface area contributed by atoms with E-state index in [4.69, 9.17) is 0 Å². The lowest BCUT2D eigenvalue weighted by atomic mass is 10.4. The van der Waals surface area contributed by atoms with Crippen molar-refractivity contribution in [1.82, 2.24) is 0 Å². The molecule has 0 saturated carbocycles. The lowest BCUT2D eigenvalue weighted by Crippen LogP contribution is -2.06. The van der Waals surface area contributed by atoms with Gasteiger partial charge in [-0.25, -0.2) is 0 Å². The Hall–Kier alpha value is 0.0200. The van der Waals surface area contributed by atoms with Gasteiger partial charge in [-0.15, -0.1) is 11.8 Å². The summed E-state index contributed by atoms with van der Waals surface area (Å²) in [5, 5.41) is 0.616. The Balaban J connectivity index is 2.58. The van der Waals surface area contributed by atoms with Gasteiger partial charge in [0, 0.05) is 11.5 Å². The minimum atomic E-state index is 0.152. The van der Waals surface area contributed by atoms with Crippen LogP contribution in [0.2, 0.25) is 0 Å². The molecule has 1 heterocycles. The van der Waals surface area contributed by atoms with Gasteiger partial charge < -0.3 is 0 Å². The minimum absolute atomic E-state index is 0.152. The maximum absolute atomic E-state index is 4.29. The van der Waals surface area contributed by atoms with Gasteiger partial charge in [-0.2, -0.15) is 0 Å². The predicted octanol–water partition coefficient (Wildman–Crippen LogP) is 1.93. The van der Waals surface area contributed by atoms with E-state index in [0.717, 1.165) is 0 Å².